The maximum Gasteiger partial charge on any atom is 0.269 e. The number of halogens is 1. The highest BCUT2D eigenvalue weighted by molar-refractivity contribution is 5.41. The third-order valence-electron chi connectivity index (χ3n) is 2.41. The number of rotatable bonds is 5. The number of hydrogen-bond donors (Lipinski definition) is 0. The smallest absolute Gasteiger partial charge is 0.258 e. The number of benzene rings is 1. The topological polar surface area (TPSA) is 43.1 Å². The lowest BCUT2D eigenvalue weighted by Crippen LogP contribution is -2.00. The van der Waals surface area contributed by atoms with E-state index < -0.39 is 17.5 Å². The number of alkyl halides is 1. The van der Waals surface area contributed by atoms with Crippen molar-refractivity contribution in [1.29, 1.82) is 0 Å². The second-order valence-corrected chi connectivity index (χ2v) is 3.79. The van der Waals surface area contributed by atoms with Crippen molar-refractivity contribution in [3.05, 3.63) is 46.4 Å². The SMILES string of the molecule is [CH2]C(CF)c1cc(CCC)cc([N+](=O)[O-])c1. The van der Waals surface area contributed by atoms with Gasteiger partial charge in [-0.05, 0) is 24.5 Å². The van der Waals surface area contributed by atoms with E-state index >= 15 is 0 Å². The van der Waals surface area contributed by atoms with Crippen molar-refractivity contribution in [3.8, 4) is 0 Å². The first-order valence-electron chi connectivity index (χ1n) is 5.25. The van der Waals surface area contributed by atoms with Gasteiger partial charge in [0.15, 0.2) is 0 Å². The first kappa shape index (κ1) is 12.6. The summed E-state index contributed by atoms with van der Waals surface area (Å²) in [4.78, 5) is 10.3. The Morgan fingerprint density at radius 1 is 1.50 bits per heavy atom. The number of nitrogens with zero attached hydrogens (tertiary/aromatic N) is 1. The van der Waals surface area contributed by atoms with Gasteiger partial charge in [0.2, 0.25) is 0 Å². The summed E-state index contributed by atoms with van der Waals surface area (Å²) in [7, 11) is 0. The summed E-state index contributed by atoms with van der Waals surface area (Å²) < 4.78 is 12.5. The Morgan fingerprint density at radius 2 is 2.19 bits per heavy atom. The Morgan fingerprint density at radius 3 is 2.69 bits per heavy atom. The maximum absolute atomic E-state index is 12.5. The summed E-state index contributed by atoms with van der Waals surface area (Å²) in [6, 6.07) is 4.74. The summed E-state index contributed by atoms with van der Waals surface area (Å²) >= 11 is 0. The zero-order chi connectivity index (χ0) is 12.1. The van der Waals surface area contributed by atoms with Gasteiger partial charge in [-0.15, -0.1) is 0 Å². The molecule has 0 spiro atoms. The lowest BCUT2D eigenvalue weighted by atomic mass is 9.97. The second kappa shape index (κ2) is 5.58. The fourth-order valence-electron chi connectivity index (χ4n) is 1.56. The predicted molar refractivity (Wildman–Crippen MR) is 61.2 cm³/mol. The van der Waals surface area contributed by atoms with Crippen LogP contribution in [0.15, 0.2) is 18.2 Å². The third-order valence-corrected chi connectivity index (χ3v) is 2.41. The molecule has 3 nitrogen and oxygen atoms in total. The van der Waals surface area contributed by atoms with E-state index in [1.807, 2.05) is 6.92 Å². The van der Waals surface area contributed by atoms with Gasteiger partial charge in [-0.2, -0.15) is 0 Å². The van der Waals surface area contributed by atoms with E-state index in [4.69, 9.17) is 0 Å². The summed E-state index contributed by atoms with van der Waals surface area (Å²) in [5, 5.41) is 10.7. The largest absolute Gasteiger partial charge is 0.269 e. The molecule has 0 aliphatic rings. The Kier molecular flexibility index (Phi) is 4.40. The van der Waals surface area contributed by atoms with E-state index in [-0.39, 0.29) is 5.69 Å². The standard InChI is InChI=1S/C12H15FNO2/c1-3-4-10-5-11(9(2)8-13)7-12(6-10)14(15)16/h5-7,9H,2-4,8H2,1H3. The first-order chi connectivity index (χ1) is 7.58. The lowest BCUT2D eigenvalue weighted by molar-refractivity contribution is -0.385. The number of non-ortho nitro benzene ring substituents is 1. The molecule has 87 valence electrons. The quantitative estimate of drug-likeness (QED) is 0.568. The molecule has 0 saturated heterocycles. The van der Waals surface area contributed by atoms with E-state index in [2.05, 4.69) is 6.92 Å². The minimum absolute atomic E-state index is 0.0167. The molecule has 1 atom stereocenters. The Labute approximate surface area is 94.4 Å². The van der Waals surface area contributed by atoms with E-state index in [0.29, 0.717) is 5.56 Å². The summed E-state index contributed by atoms with van der Waals surface area (Å²) in [6.45, 7) is 5.02. The highest BCUT2D eigenvalue weighted by atomic mass is 19.1. The van der Waals surface area contributed by atoms with Gasteiger partial charge in [0.25, 0.3) is 5.69 Å². The van der Waals surface area contributed by atoms with Crippen LogP contribution in [0.4, 0.5) is 10.1 Å². The summed E-state index contributed by atoms with van der Waals surface area (Å²) in [5.41, 5.74) is 1.48. The van der Waals surface area contributed by atoms with Gasteiger partial charge in [0, 0.05) is 18.1 Å². The number of aryl methyl sites for hydroxylation is 1. The van der Waals surface area contributed by atoms with Crippen LogP contribution in [0.1, 0.15) is 30.4 Å². The molecule has 0 aromatic heterocycles. The van der Waals surface area contributed by atoms with Crippen LogP contribution in [0.3, 0.4) is 0 Å². The van der Waals surface area contributed by atoms with Crippen molar-refractivity contribution in [2.45, 2.75) is 25.7 Å². The molecule has 0 bridgehead atoms. The summed E-state index contributed by atoms with van der Waals surface area (Å²) in [6.07, 6.45) is 1.66. The average molecular weight is 224 g/mol. The normalized spacial score (nSPS) is 12.4. The lowest BCUT2D eigenvalue weighted by Gasteiger charge is -2.09. The predicted octanol–water partition coefficient (Wildman–Crippen LogP) is 3.43. The van der Waals surface area contributed by atoms with Crippen LogP contribution in [-0.2, 0) is 6.42 Å². The van der Waals surface area contributed by atoms with Gasteiger partial charge in [-0.1, -0.05) is 19.4 Å². The van der Waals surface area contributed by atoms with Crippen molar-refractivity contribution in [1.82, 2.24) is 0 Å². The third kappa shape index (κ3) is 3.02. The number of nitro benzene ring substituents is 1. The van der Waals surface area contributed by atoms with Crippen molar-refractivity contribution < 1.29 is 9.31 Å². The maximum atomic E-state index is 12.5. The summed E-state index contributed by atoms with van der Waals surface area (Å²) in [5.74, 6) is -0.532. The molecule has 1 rings (SSSR count). The minimum atomic E-state index is -0.604. The molecule has 0 aliphatic carbocycles. The van der Waals surface area contributed by atoms with Crippen molar-refractivity contribution in [2.24, 2.45) is 0 Å². The molecule has 1 aromatic carbocycles. The van der Waals surface area contributed by atoms with Gasteiger partial charge < -0.3 is 0 Å². The molecule has 16 heavy (non-hydrogen) atoms. The van der Waals surface area contributed by atoms with Crippen LogP contribution in [0.2, 0.25) is 0 Å². The first-order valence-corrected chi connectivity index (χ1v) is 5.25. The monoisotopic (exact) mass is 224 g/mol. The van der Waals surface area contributed by atoms with E-state index in [9.17, 15) is 14.5 Å². The Balaban J connectivity index is 3.13. The van der Waals surface area contributed by atoms with Crippen molar-refractivity contribution in [3.63, 3.8) is 0 Å². The molecule has 0 saturated carbocycles. The van der Waals surface area contributed by atoms with Crippen LogP contribution < -0.4 is 0 Å². The molecule has 0 fully saturated rings. The van der Waals surface area contributed by atoms with Crippen LogP contribution in [0.5, 0.6) is 0 Å². The molecular formula is C12H15FNO2. The molecule has 0 aliphatic heterocycles. The van der Waals surface area contributed by atoms with Crippen LogP contribution >= 0.6 is 0 Å². The van der Waals surface area contributed by atoms with Crippen molar-refractivity contribution in [2.75, 3.05) is 6.67 Å². The molecule has 1 unspecified atom stereocenters. The minimum Gasteiger partial charge on any atom is -0.258 e. The van der Waals surface area contributed by atoms with Crippen LogP contribution in [-0.4, -0.2) is 11.6 Å². The molecular weight excluding hydrogens is 209 g/mol. The Bertz CT molecular complexity index is 379. The van der Waals surface area contributed by atoms with Crippen molar-refractivity contribution >= 4 is 5.69 Å². The molecule has 0 amide bonds. The van der Waals surface area contributed by atoms with Gasteiger partial charge >= 0.3 is 0 Å². The van der Waals surface area contributed by atoms with E-state index in [0.717, 1.165) is 18.4 Å². The zero-order valence-electron chi connectivity index (χ0n) is 9.28. The van der Waals surface area contributed by atoms with E-state index in [1.165, 1.54) is 12.1 Å². The molecule has 1 radical (unpaired) electrons. The molecule has 0 N–H and O–H groups in total. The highest BCUT2D eigenvalue weighted by Gasteiger charge is 2.13. The van der Waals surface area contributed by atoms with Crippen LogP contribution in [0.25, 0.3) is 0 Å². The Hall–Kier alpha value is -1.45. The zero-order valence-corrected chi connectivity index (χ0v) is 9.28. The average Bonchev–Trinajstić information content (AvgIpc) is 2.28. The molecule has 1 aromatic rings. The number of nitro groups is 1. The number of hydrogen-bond acceptors (Lipinski definition) is 2. The fourth-order valence-corrected chi connectivity index (χ4v) is 1.56. The van der Waals surface area contributed by atoms with Gasteiger partial charge in [-0.3, -0.25) is 14.5 Å². The highest BCUT2D eigenvalue weighted by Crippen LogP contribution is 2.24. The molecule has 4 heteroatoms. The fraction of sp³-hybridized carbons (Fsp3) is 0.417. The van der Waals surface area contributed by atoms with Gasteiger partial charge in [0.05, 0.1) is 11.6 Å². The van der Waals surface area contributed by atoms with E-state index in [1.54, 1.807) is 6.07 Å². The molecule has 0 heterocycles. The van der Waals surface area contributed by atoms with Gasteiger partial charge in [0.1, 0.15) is 0 Å². The van der Waals surface area contributed by atoms with Gasteiger partial charge in [-0.25, -0.2) is 0 Å². The van der Waals surface area contributed by atoms with Crippen LogP contribution in [0, 0.1) is 17.0 Å². The second-order valence-electron chi connectivity index (χ2n) is 3.79.